The van der Waals surface area contributed by atoms with Crippen LogP contribution in [0.5, 0.6) is 0 Å². The minimum atomic E-state index is -2.25. The van der Waals surface area contributed by atoms with Crippen LogP contribution >= 0.6 is 0 Å². The standard InChI is InChI=1S/C34H58O7Si2/c1-30(2,3)42(9,10)39-27-21-33(8,28(22-35)40-43(11,12)31(4,5)6)38-29(27)26-20-32(7)18-19-34(37-26,41-32)24-36-23-25-16-14-13-15-17-25/h13-17,22,26-29H,18-21,23-24H2,1-12H3/t26-,27-,28+,29-,32+,33-,34+/m1/s1. The molecule has 0 aromatic heterocycles. The zero-order chi connectivity index (χ0) is 32.1. The van der Waals surface area contributed by atoms with Crippen LogP contribution in [0.25, 0.3) is 0 Å². The van der Waals surface area contributed by atoms with E-state index in [2.05, 4.69) is 86.8 Å². The van der Waals surface area contributed by atoms with Gasteiger partial charge in [0.05, 0.1) is 24.4 Å². The molecular weight excluding hydrogens is 577 g/mol. The van der Waals surface area contributed by atoms with Crippen LogP contribution in [-0.4, -0.2) is 70.9 Å². The zero-order valence-corrected chi connectivity index (χ0v) is 30.9. The minimum Gasteiger partial charge on any atom is -0.411 e. The quantitative estimate of drug-likeness (QED) is 0.182. The molecule has 0 unspecified atom stereocenters. The topological polar surface area (TPSA) is 72.5 Å². The van der Waals surface area contributed by atoms with Crippen molar-refractivity contribution in [3.8, 4) is 0 Å². The van der Waals surface area contributed by atoms with Crippen molar-refractivity contribution in [2.75, 3.05) is 6.61 Å². The molecule has 3 aliphatic rings. The van der Waals surface area contributed by atoms with E-state index >= 15 is 0 Å². The fourth-order valence-corrected chi connectivity index (χ4v) is 8.72. The number of carbonyl (C=O) groups excluding carboxylic acids is 1. The second-order valence-corrected chi connectivity index (χ2v) is 26.3. The highest BCUT2D eigenvalue weighted by Crippen LogP contribution is 2.52. The molecule has 1 aromatic carbocycles. The zero-order valence-electron chi connectivity index (χ0n) is 28.9. The third kappa shape index (κ3) is 7.56. The first-order valence-corrected chi connectivity index (χ1v) is 21.9. The Kier molecular flexibility index (Phi) is 9.77. The molecule has 3 fully saturated rings. The summed E-state index contributed by atoms with van der Waals surface area (Å²) in [5.41, 5.74) is -0.0654. The van der Waals surface area contributed by atoms with E-state index in [4.69, 9.17) is 27.8 Å². The van der Waals surface area contributed by atoms with Gasteiger partial charge >= 0.3 is 0 Å². The van der Waals surface area contributed by atoms with Gasteiger partial charge in [-0.3, -0.25) is 0 Å². The van der Waals surface area contributed by atoms with Crippen molar-refractivity contribution in [1.29, 1.82) is 0 Å². The average molecular weight is 635 g/mol. The molecule has 244 valence electrons. The third-order valence-corrected chi connectivity index (χ3v) is 19.8. The van der Waals surface area contributed by atoms with Gasteiger partial charge in [-0.05, 0) is 62.1 Å². The highest BCUT2D eigenvalue weighted by molar-refractivity contribution is 6.74. The number of rotatable bonds is 11. The first-order chi connectivity index (χ1) is 19.6. The summed E-state index contributed by atoms with van der Waals surface area (Å²) in [5.74, 6) is -0.835. The Morgan fingerprint density at radius 2 is 1.56 bits per heavy atom. The van der Waals surface area contributed by atoms with E-state index in [1.807, 2.05) is 25.1 Å². The van der Waals surface area contributed by atoms with Crippen molar-refractivity contribution >= 4 is 22.9 Å². The molecule has 1 aromatic rings. The van der Waals surface area contributed by atoms with Gasteiger partial charge in [-0.2, -0.15) is 0 Å². The predicted octanol–water partition coefficient (Wildman–Crippen LogP) is 7.78. The lowest BCUT2D eigenvalue weighted by Gasteiger charge is -2.46. The maximum absolute atomic E-state index is 12.7. The van der Waals surface area contributed by atoms with E-state index in [0.29, 0.717) is 26.1 Å². The second kappa shape index (κ2) is 12.0. The maximum Gasteiger partial charge on any atom is 0.193 e. The van der Waals surface area contributed by atoms with Crippen LogP contribution in [0.2, 0.25) is 36.3 Å². The molecule has 4 rings (SSSR count). The number of hydrogen-bond acceptors (Lipinski definition) is 7. The number of fused-ring (bicyclic) bond motifs is 2. The Labute approximate surface area is 262 Å². The lowest BCUT2D eigenvalue weighted by atomic mass is 9.90. The van der Waals surface area contributed by atoms with Crippen molar-refractivity contribution in [2.24, 2.45) is 0 Å². The number of hydrogen-bond donors (Lipinski definition) is 0. The summed E-state index contributed by atoms with van der Waals surface area (Å²) in [6.45, 7) is 27.3. The van der Waals surface area contributed by atoms with Gasteiger partial charge in [0.15, 0.2) is 22.4 Å². The van der Waals surface area contributed by atoms with Crippen LogP contribution in [0.1, 0.15) is 86.6 Å². The lowest BCUT2D eigenvalue weighted by molar-refractivity contribution is -0.342. The summed E-state index contributed by atoms with van der Waals surface area (Å²) in [7, 11) is -4.44. The molecule has 3 aliphatic heterocycles. The molecule has 9 heteroatoms. The highest BCUT2D eigenvalue weighted by atomic mass is 28.4. The average Bonchev–Trinajstić information content (AvgIpc) is 3.34. The third-order valence-electron chi connectivity index (χ3n) is 10.8. The van der Waals surface area contributed by atoms with Crippen LogP contribution in [0, 0.1) is 0 Å². The molecule has 2 bridgehead atoms. The Balaban J connectivity index is 1.60. The van der Waals surface area contributed by atoms with Crippen molar-refractivity contribution in [2.45, 2.75) is 165 Å². The van der Waals surface area contributed by atoms with Gasteiger partial charge in [0, 0.05) is 19.3 Å². The van der Waals surface area contributed by atoms with Crippen LogP contribution in [0.15, 0.2) is 30.3 Å². The van der Waals surface area contributed by atoms with Crippen LogP contribution < -0.4 is 0 Å². The molecule has 3 heterocycles. The van der Waals surface area contributed by atoms with E-state index in [0.717, 1.165) is 24.7 Å². The Bertz CT molecular complexity index is 1110. The molecule has 0 amide bonds. The van der Waals surface area contributed by atoms with Gasteiger partial charge in [0.25, 0.3) is 0 Å². The molecule has 7 atom stereocenters. The van der Waals surface area contributed by atoms with Gasteiger partial charge < -0.3 is 32.6 Å². The fraction of sp³-hybridized carbons (Fsp3) is 0.794. The summed E-state index contributed by atoms with van der Waals surface area (Å²) in [4.78, 5) is 12.7. The van der Waals surface area contributed by atoms with E-state index in [1.54, 1.807) is 0 Å². The molecular formula is C34H58O7Si2. The summed E-state index contributed by atoms with van der Waals surface area (Å²) in [6, 6.07) is 10.2. The second-order valence-electron chi connectivity index (χ2n) is 16.8. The predicted molar refractivity (Wildman–Crippen MR) is 175 cm³/mol. The molecule has 7 nitrogen and oxygen atoms in total. The summed E-state index contributed by atoms with van der Waals surface area (Å²) in [6.07, 6.45) is 2.31. The van der Waals surface area contributed by atoms with E-state index in [-0.39, 0.29) is 34.0 Å². The van der Waals surface area contributed by atoms with Crippen molar-refractivity contribution < 1.29 is 32.6 Å². The number of aldehydes is 1. The molecule has 0 saturated carbocycles. The smallest absolute Gasteiger partial charge is 0.193 e. The number of carbonyl (C=O) groups is 1. The van der Waals surface area contributed by atoms with E-state index in [1.165, 1.54) is 0 Å². The van der Waals surface area contributed by atoms with Gasteiger partial charge in [-0.15, -0.1) is 0 Å². The molecule has 0 N–H and O–H groups in total. The van der Waals surface area contributed by atoms with Gasteiger partial charge in [-0.1, -0.05) is 71.9 Å². The monoisotopic (exact) mass is 634 g/mol. The van der Waals surface area contributed by atoms with E-state index in [9.17, 15) is 4.79 Å². The molecule has 0 radical (unpaired) electrons. The van der Waals surface area contributed by atoms with Crippen LogP contribution in [0.4, 0.5) is 0 Å². The minimum absolute atomic E-state index is 0.0201. The first-order valence-electron chi connectivity index (χ1n) is 16.1. The normalized spacial score (nSPS) is 34.4. The number of benzene rings is 1. The molecule has 3 saturated heterocycles. The molecule has 0 spiro atoms. The number of ether oxygens (including phenoxy) is 4. The van der Waals surface area contributed by atoms with Crippen molar-refractivity contribution in [3.63, 3.8) is 0 Å². The first kappa shape index (κ1) is 34.9. The summed E-state index contributed by atoms with van der Waals surface area (Å²) >= 11 is 0. The van der Waals surface area contributed by atoms with Crippen LogP contribution in [-0.2, 0) is 39.2 Å². The van der Waals surface area contributed by atoms with Gasteiger partial charge in [0.1, 0.15) is 30.7 Å². The Morgan fingerprint density at radius 1 is 0.930 bits per heavy atom. The molecule has 0 aliphatic carbocycles. The van der Waals surface area contributed by atoms with Crippen molar-refractivity contribution in [3.05, 3.63) is 35.9 Å². The lowest BCUT2D eigenvalue weighted by Crippen LogP contribution is -2.56. The van der Waals surface area contributed by atoms with Crippen LogP contribution in [0.3, 0.4) is 0 Å². The summed E-state index contributed by atoms with van der Waals surface area (Å²) in [5, 5.41) is -0.0182. The van der Waals surface area contributed by atoms with E-state index < -0.39 is 34.1 Å². The van der Waals surface area contributed by atoms with Gasteiger partial charge in [-0.25, -0.2) is 0 Å². The molecule has 43 heavy (non-hydrogen) atoms. The highest BCUT2D eigenvalue weighted by Gasteiger charge is 2.61. The van der Waals surface area contributed by atoms with Crippen molar-refractivity contribution in [1.82, 2.24) is 0 Å². The Hall–Kier alpha value is -0.916. The van der Waals surface area contributed by atoms with Gasteiger partial charge in [0.2, 0.25) is 0 Å². The SMILES string of the molecule is CC(C)(C)[Si](C)(C)O[C@@H](C=O)[C@@]1(C)C[C@@H](O[Si](C)(C)C(C)(C)C)[C@@H]([C@H]2C[C@]3(C)CC[C@](COCc4ccccc4)(O2)O3)O1. The Morgan fingerprint density at radius 3 is 2.14 bits per heavy atom. The maximum atomic E-state index is 12.7. The summed E-state index contributed by atoms with van der Waals surface area (Å²) < 4.78 is 40.5. The largest absolute Gasteiger partial charge is 0.411 e. The fourth-order valence-electron chi connectivity index (χ4n) is 6.10.